The molecule has 0 aliphatic rings. The summed E-state index contributed by atoms with van der Waals surface area (Å²) < 4.78 is 29.6. The molecular formula is C32H60O11. The molecule has 0 rings (SSSR count). The molecule has 0 bridgehead atoms. The predicted molar refractivity (Wildman–Crippen MR) is 165 cm³/mol. The molecule has 1 N–H and O–H groups in total. The van der Waals surface area contributed by atoms with Crippen LogP contribution in [0, 0.1) is 16.2 Å². The average Bonchev–Trinajstić information content (AvgIpc) is 2.96. The average molecular weight is 621 g/mol. The first-order valence-electron chi connectivity index (χ1n) is 14.9. The van der Waals surface area contributed by atoms with Crippen LogP contribution in [-0.4, -0.2) is 88.4 Å². The second kappa shape index (κ2) is 23.9. The van der Waals surface area contributed by atoms with Crippen molar-refractivity contribution in [3.63, 3.8) is 0 Å². The summed E-state index contributed by atoms with van der Waals surface area (Å²) in [6, 6.07) is 0. The van der Waals surface area contributed by atoms with E-state index >= 15 is 0 Å². The third-order valence-electron chi connectivity index (χ3n) is 6.64. The first-order valence-corrected chi connectivity index (χ1v) is 14.9. The molecule has 1 unspecified atom stereocenters. The van der Waals surface area contributed by atoms with Gasteiger partial charge in [0.15, 0.2) is 0 Å². The van der Waals surface area contributed by atoms with Crippen LogP contribution in [0.5, 0.6) is 0 Å². The molecule has 43 heavy (non-hydrogen) atoms. The van der Waals surface area contributed by atoms with Gasteiger partial charge in [-0.25, -0.2) is 4.79 Å². The van der Waals surface area contributed by atoms with Crippen molar-refractivity contribution in [1.82, 2.24) is 0 Å². The Hall–Kier alpha value is -2.50. The minimum Gasteiger partial charge on any atom is -0.466 e. The fraction of sp³-hybridized carbons (Fsp3) is 0.812. The zero-order valence-electron chi connectivity index (χ0n) is 28.9. The number of aliphatic hydroxyl groups is 1. The Labute approximate surface area is 259 Å². The lowest BCUT2D eigenvalue weighted by Crippen LogP contribution is -2.31. The summed E-state index contributed by atoms with van der Waals surface area (Å²) in [6.45, 7) is 25.6. The van der Waals surface area contributed by atoms with Gasteiger partial charge in [0.05, 0.1) is 42.7 Å². The number of aliphatic hydroxyl groups excluding tert-OH is 1. The van der Waals surface area contributed by atoms with Gasteiger partial charge < -0.3 is 33.5 Å². The molecule has 0 radical (unpaired) electrons. The molecule has 11 nitrogen and oxygen atoms in total. The highest BCUT2D eigenvalue weighted by Gasteiger charge is 2.28. The Kier molecular flexibility index (Phi) is 25.0. The molecule has 0 amide bonds. The van der Waals surface area contributed by atoms with Gasteiger partial charge in [0.2, 0.25) is 0 Å². The molecule has 254 valence electrons. The number of hydrogen-bond acceptors (Lipinski definition) is 11. The van der Waals surface area contributed by atoms with Crippen molar-refractivity contribution in [3.05, 3.63) is 12.2 Å². The molecule has 0 aliphatic carbocycles. The number of ether oxygens (including phenoxy) is 6. The highest BCUT2D eigenvalue weighted by Crippen LogP contribution is 2.22. The van der Waals surface area contributed by atoms with E-state index in [-0.39, 0.29) is 42.1 Å². The molecule has 1 atom stereocenters. The summed E-state index contributed by atoms with van der Waals surface area (Å²) >= 11 is 0. The maximum absolute atomic E-state index is 11.6. The van der Waals surface area contributed by atoms with Gasteiger partial charge in [-0.1, -0.05) is 27.4 Å². The van der Waals surface area contributed by atoms with Crippen LogP contribution in [0.15, 0.2) is 12.2 Å². The molecule has 0 aromatic carbocycles. The fourth-order valence-electron chi connectivity index (χ4n) is 2.10. The fourth-order valence-corrected chi connectivity index (χ4v) is 2.10. The Morgan fingerprint density at radius 1 is 0.651 bits per heavy atom. The van der Waals surface area contributed by atoms with Crippen LogP contribution in [0.25, 0.3) is 0 Å². The van der Waals surface area contributed by atoms with Gasteiger partial charge in [-0.3, -0.25) is 14.4 Å². The summed E-state index contributed by atoms with van der Waals surface area (Å²) in [5.74, 6) is -1.22. The lowest BCUT2D eigenvalue weighted by atomic mass is 9.91. The van der Waals surface area contributed by atoms with E-state index in [0.29, 0.717) is 39.5 Å². The van der Waals surface area contributed by atoms with Crippen molar-refractivity contribution in [2.24, 2.45) is 16.2 Å². The largest absolute Gasteiger partial charge is 0.466 e. The minimum atomic E-state index is -1.02. The Morgan fingerprint density at radius 2 is 1.05 bits per heavy atom. The van der Waals surface area contributed by atoms with E-state index in [4.69, 9.17) is 28.4 Å². The van der Waals surface area contributed by atoms with E-state index < -0.39 is 22.9 Å². The van der Waals surface area contributed by atoms with Crippen molar-refractivity contribution in [2.45, 2.75) is 102 Å². The summed E-state index contributed by atoms with van der Waals surface area (Å²) in [5, 5.41) is 9.48. The van der Waals surface area contributed by atoms with Gasteiger partial charge in [0.25, 0.3) is 0 Å². The van der Waals surface area contributed by atoms with Crippen LogP contribution in [0.2, 0.25) is 0 Å². The monoisotopic (exact) mass is 620 g/mol. The van der Waals surface area contributed by atoms with E-state index in [1.807, 2.05) is 55.4 Å². The summed E-state index contributed by atoms with van der Waals surface area (Å²) in [5.41, 5.74) is -1.03. The molecule has 0 heterocycles. The molecule has 11 heteroatoms. The second-order valence-electron chi connectivity index (χ2n) is 11.8. The molecule has 0 saturated carbocycles. The third-order valence-corrected chi connectivity index (χ3v) is 6.64. The number of rotatable bonds is 18. The van der Waals surface area contributed by atoms with Crippen LogP contribution in [0.3, 0.4) is 0 Å². The number of carbonyl (C=O) groups is 4. The van der Waals surface area contributed by atoms with Gasteiger partial charge >= 0.3 is 23.9 Å². The number of esters is 4. The van der Waals surface area contributed by atoms with Crippen LogP contribution in [0.4, 0.5) is 0 Å². The molecule has 0 spiro atoms. The van der Waals surface area contributed by atoms with Crippen molar-refractivity contribution in [3.8, 4) is 0 Å². The Bertz CT molecular complexity index is 816. The van der Waals surface area contributed by atoms with Crippen LogP contribution in [-0.2, 0) is 47.6 Å². The first kappa shape index (κ1) is 44.9. The highest BCUT2D eigenvalue weighted by molar-refractivity contribution is 5.86. The first-order chi connectivity index (χ1) is 19.8. The topological polar surface area (TPSA) is 144 Å². The molecule has 0 aliphatic heterocycles. The molecule has 0 aromatic rings. The smallest absolute Gasteiger partial charge is 0.333 e. The van der Waals surface area contributed by atoms with Gasteiger partial charge in [-0.15, -0.1) is 0 Å². The van der Waals surface area contributed by atoms with Crippen molar-refractivity contribution >= 4 is 23.9 Å². The lowest BCUT2D eigenvalue weighted by molar-refractivity contribution is -0.159. The Balaban J connectivity index is -0.000000581. The summed E-state index contributed by atoms with van der Waals surface area (Å²) in [6.07, 6.45) is 1.22. The second-order valence-corrected chi connectivity index (χ2v) is 11.8. The van der Waals surface area contributed by atoms with Crippen LogP contribution in [0.1, 0.15) is 95.4 Å². The van der Waals surface area contributed by atoms with E-state index in [1.165, 1.54) is 6.92 Å². The zero-order chi connectivity index (χ0) is 34.3. The summed E-state index contributed by atoms with van der Waals surface area (Å²) in [7, 11) is 1.62. The lowest BCUT2D eigenvalue weighted by Gasteiger charge is -2.21. The molecule has 0 saturated heterocycles. The number of methoxy groups -OCH3 is 1. The number of hydrogen-bond donors (Lipinski definition) is 1. The predicted octanol–water partition coefficient (Wildman–Crippen LogP) is 5.06. The Morgan fingerprint density at radius 3 is 1.44 bits per heavy atom. The molecule has 0 fully saturated rings. The zero-order valence-corrected chi connectivity index (χ0v) is 28.9. The van der Waals surface area contributed by atoms with Gasteiger partial charge in [0.1, 0.15) is 25.9 Å². The van der Waals surface area contributed by atoms with Crippen molar-refractivity contribution in [2.75, 3.05) is 53.4 Å². The molecule has 0 aromatic heterocycles. The normalized spacial score (nSPS) is 11.9. The standard InChI is InChI=1S/C13H22O5.C11H22O4.C8H16O2/c1-6-13(4,5)12(16)18-8-10(14)7-17-11(15)9(2)3;1-5-11(2,3)10(12)15-9-8-14-7-6-13-4;1-5-8(3,4)7(9)10-6-2/h10,14H,2,6-8H2,1,3-5H3;5-9H2,1-4H3;5-6H2,1-4H3. The van der Waals surface area contributed by atoms with Gasteiger partial charge in [-0.05, 0) is 74.7 Å². The maximum atomic E-state index is 11.6. The van der Waals surface area contributed by atoms with E-state index in [1.54, 1.807) is 21.0 Å². The molecular weight excluding hydrogens is 560 g/mol. The van der Waals surface area contributed by atoms with E-state index in [9.17, 15) is 24.3 Å². The highest BCUT2D eigenvalue weighted by atomic mass is 16.6. The quantitative estimate of drug-likeness (QED) is 0.0950. The minimum absolute atomic E-state index is 0.0995. The SMILES string of the molecule is C=C(C)C(=O)OCC(O)COC(=O)C(C)(C)CC.CCC(C)(C)C(=O)OCCOCCOC.CCOC(=O)C(C)(C)CC. The summed E-state index contributed by atoms with van der Waals surface area (Å²) in [4.78, 5) is 45.2. The van der Waals surface area contributed by atoms with Gasteiger partial charge in [0, 0.05) is 12.7 Å². The van der Waals surface area contributed by atoms with Crippen LogP contribution < -0.4 is 0 Å². The number of carbonyl (C=O) groups excluding carboxylic acids is 4. The van der Waals surface area contributed by atoms with Gasteiger partial charge in [-0.2, -0.15) is 0 Å². The van der Waals surface area contributed by atoms with Crippen molar-refractivity contribution < 1.29 is 52.7 Å². The van der Waals surface area contributed by atoms with Crippen LogP contribution >= 0.6 is 0 Å². The van der Waals surface area contributed by atoms with E-state index in [0.717, 1.165) is 12.8 Å². The third kappa shape index (κ3) is 22.7. The van der Waals surface area contributed by atoms with E-state index in [2.05, 4.69) is 6.58 Å². The maximum Gasteiger partial charge on any atom is 0.333 e. The van der Waals surface area contributed by atoms with Crippen molar-refractivity contribution in [1.29, 1.82) is 0 Å².